The molecule has 0 fully saturated rings. The summed E-state index contributed by atoms with van der Waals surface area (Å²) in [6, 6.07) is 17.7. The largest absolute Gasteiger partial charge is 0.497 e. The van der Waals surface area contributed by atoms with Gasteiger partial charge in [-0.1, -0.05) is 29.3 Å². The number of nitro benzene ring substituents is 1. The number of benzene rings is 3. The lowest BCUT2D eigenvalue weighted by atomic mass is 9.96. The van der Waals surface area contributed by atoms with Crippen molar-refractivity contribution in [3.8, 4) is 11.5 Å². The molecule has 2 atom stereocenters. The monoisotopic (exact) mass is 469 g/mol. The molecule has 0 spiro atoms. The zero-order chi connectivity index (χ0) is 22.4. The summed E-state index contributed by atoms with van der Waals surface area (Å²) in [6.45, 7) is 0. The molecule has 0 bridgehead atoms. The minimum Gasteiger partial charge on any atom is -0.497 e. The van der Waals surface area contributed by atoms with Crippen LogP contribution < -0.4 is 9.47 Å². The van der Waals surface area contributed by atoms with Gasteiger partial charge in [-0.2, -0.15) is 5.10 Å². The summed E-state index contributed by atoms with van der Waals surface area (Å²) in [5.74, 6) is 1.43. The number of hydrazone groups is 1. The fourth-order valence-corrected chi connectivity index (χ4v) is 4.43. The van der Waals surface area contributed by atoms with Gasteiger partial charge in [0.2, 0.25) is 6.23 Å². The predicted molar refractivity (Wildman–Crippen MR) is 122 cm³/mol. The Bertz CT molecular complexity index is 1250. The van der Waals surface area contributed by atoms with Crippen LogP contribution in [0.4, 0.5) is 5.69 Å². The van der Waals surface area contributed by atoms with Gasteiger partial charge in [-0.25, -0.2) is 5.01 Å². The molecular formula is C23H17Cl2N3O4. The number of nitrogens with zero attached hydrogens (tertiary/aromatic N) is 3. The third-order valence-electron chi connectivity index (χ3n) is 5.63. The fraction of sp³-hybridized carbons (Fsp3) is 0.174. The molecular weight excluding hydrogens is 453 g/mol. The highest BCUT2D eigenvalue weighted by atomic mass is 35.5. The van der Waals surface area contributed by atoms with Gasteiger partial charge < -0.3 is 9.47 Å². The normalized spacial score (nSPS) is 19.0. The van der Waals surface area contributed by atoms with Crippen LogP contribution in [0.5, 0.6) is 11.5 Å². The number of hydrogen-bond acceptors (Lipinski definition) is 6. The van der Waals surface area contributed by atoms with Crippen LogP contribution in [0.2, 0.25) is 10.0 Å². The van der Waals surface area contributed by atoms with Crippen LogP contribution in [-0.2, 0) is 0 Å². The van der Waals surface area contributed by atoms with E-state index in [0.29, 0.717) is 22.8 Å². The Labute approximate surface area is 193 Å². The second-order valence-electron chi connectivity index (χ2n) is 7.50. The molecule has 2 aliphatic heterocycles. The first kappa shape index (κ1) is 20.6. The van der Waals surface area contributed by atoms with Gasteiger partial charge in [0.25, 0.3) is 5.69 Å². The molecule has 9 heteroatoms. The Morgan fingerprint density at radius 1 is 1.12 bits per heavy atom. The molecule has 0 N–H and O–H groups in total. The van der Waals surface area contributed by atoms with Crippen LogP contribution in [0, 0.1) is 10.1 Å². The van der Waals surface area contributed by atoms with E-state index in [1.807, 2.05) is 41.4 Å². The number of nitro groups is 1. The summed E-state index contributed by atoms with van der Waals surface area (Å²) in [5.41, 5.74) is 3.17. The average molecular weight is 470 g/mol. The van der Waals surface area contributed by atoms with E-state index >= 15 is 0 Å². The summed E-state index contributed by atoms with van der Waals surface area (Å²) in [4.78, 5) is 10.9. The molecule has 3 aromatic carbocycles. The topological polar surface area (TPSA) is 77.2 Å². The molecule has 162 valence electrons. The zero-order valence-corrected chi connectivity index (χ0v) is 18.4. The summed E-state index contributed by atoms with van der Waals surface area (Å²) < 4.78 is 11.5. The highest BCUT2D eigenvalue weighted by Gasteiger charge is 2.41. The van der Waals surface area contributed by atoms with Crippen molar-refractivity contribution in [2.75, 3.05) is 7.11 Å². The average Bonchev–Trinajstić information content (AvgIpc) is 3.25. The maximum Gasteiger partial charge on any atom is 0.288 e. The summed E-state index contributed by atoms with van der Waals surface area (Å²) in [5, 5.41) is 18.8. The van der Waals surface area contributed by atoms with Crippen LogP contribution in [0.3, 0.4) is 0 Å². The first-order valence-corrected chi connectivity index (χ1v) is 10.6. The van der Waals surface area contributed by atoms with Gasteiger partial charge in [-0.15, -0.1) is 0 Å². The Morgan fingerprint density at radius 3 is 2.62 bits per heavy atom. The molecule has 0 aromatic heterocycles. The van der Waals surface area contributed by atoms with Gasteiger partial charge in [0.1, 0.15) is 16.5 Å². The van der Waals surface area contributed by atoms with Crippen LogP contribution in [0.25, 0.3) is 0 Å². The third-order valence-corrected chi connectivity index (χ3v) is 6.18. The summed E-state index contributed by atoms with van der Waals surface area (Å²) in [6.07, 6.45) is -0.0183. The first-order valence-electron chi connectivity index (χ1n) is 9.85. The van der Waals surface area contributed by atoms with Gasteiger partial charge in [0.15, 0.2) is 0 Å². The first-order chi connectivity index (χ1) is 15.4. The van der Waals surface area contributed by atoms with E-state index in [-0.39, 0.29) is 16.8 Å². The number of methoxy groups -OCH3 is 1. The lowest BCUT2D eigenvalue weighted by molar-refractivity contribution is -0.384. The number of ether oxygens (including phenoxy) is 2. The van der Waals surface area contributed by atoms with E-state index in [4.69, 9.17) is 37.8 Å². The standard InChI is InChI=1S/C23H17Cl2N3O4/c1-31-16-6-2-13(3-7-16)19-12-20-17-11-15(24)5-9-22(17)32-23(27(20)26-19)14-4-8-18(25)21(10-14)28(29)30/h2-11,20,23H,12H2,1H3. The van der Waals surface area contributed by atoms with Gasteiger partial charge in [0, 0.05) is 28.6 Å². The van der Waals surface area contributed by atoms with Crippen molar-refractivity contribution in [3.63, 3.8) is 0 Å². The van der Waals surface area contributed by atoms with Crippen LogP contribution in [0.15, 0.2) is 65.8 Å². The Kier molecular flexibility index (Phi) is 5.15. The van der Waals surface area contributed by atoms with E-state index < -0.39 is 11.2 Å². The minimum absolute atomic E-state index is 0.0714. The van der Waals surface area contributed by atoms with Crippen molar-refractivity contribution in [3.05, 3.63) is 97.5 Å². The molecule has 0 aliphatic carbocycles. The third kappa shape index (κ3) is 3.53. The number of halogens is 2. The molecule has 7 nitrogen and oxygen atoms in total. The van der Waals surface area contributed by atoms with Gasteiger partial charge in [0.05, 0.1) is 23.8 Å². The van der Waals surface area contributed by atoms with E-state index in [9.17, 15) is 10.1 Å². The predicted octanol–water partition coefficient (Wildman–Crippen LogP) is 6.15. The van der Waals surface area contributed by atoms with Gasteiger partial charge >= 0.3 is 0 Å². The molecule has 2 aliphatic rings. The van der Waals surface area contributed by atoms with E-state index in [1.165, 1.54) is 12.1 Å². The molecule has 32 heavy (non-hydrogen) atoms. The van der Waals surface area contributed by atoms with Crippen molar-refractivity contribution in [1.29, 1.82) is 0 Å². The van der Waals surface area contributed by atoms with E-state index in [1.54, 1.807) is 19.2 Å². The Balaban J connectivity index is 1.59. The van der Waals surface area contributed by atoms with Crippen molar-refractivity contribution in [2.45, 2.75) is 18.7 Å². The minimum atomic E-state index is -0.652. The van der Waals surface area contributed by atoms with Crippen LogP contribution in [-0.4, -0.2) is 22.8 Å². The van der Waals surface area contributed by atoms with E-state index in [2.05, 4.69) is 0 Å². The van der Waals surface area contributed by atoms with Gasteiger partial charge in [-0.05, 0) is 54.1 Å². The van der Waals surface area contributed by atoms with Crippen LogP contribution >= 0.6 is 23.2 Å². The maximum absolute atomic E-state index is 11.4. The number of rotatable bonds is 4. The summed E-state index contributed by atoms with van der Waals surface area (Å²) >= 11 is 12.3. The van der Waals surface area contributed by atoms with Crippen molar-refractivity contribution >= 4 is 34.6 Å². The molecule has 2 heterocycles. The van der Waals surface area contributed by atoms with Crippen LogP contribution in [0.1, 0.15) is 35.4 Å². The second-order valence-corrected chi connectivity index (χ2v) is 8.34. The highest BCUT2D eigenvalue weighted by Crippen LogP contribution is 2.48. The number of fused-ring (bicyclic) bond motifs is 3. The van der Waals surface area contributed by atoms with Crippen molar-refractivity contribution in [2.24, 2.45) is 5.10 Å². The Hall–Kier alpha value is -3.29. The Morgan fingerprint density at radius 2 is 1.91 bits per heavy atom. The van der Waals surface area contributed by atoms with Crippen molar-refractivity contribution < 1.29 is 14.4 Å². The maximum atomic E-state index is 11.4. The quantitative estimate of drug-likeness (QED) is 0.338. The molecule has 5 rings (SSSR count). The molecule has 2 unspecified atom stereocenters. The molecule has 0 saturated carbocycles. The molecule has 0 saturated heterocycles. The van der Waals surface area contributed by atoms with Crippen molar-refractivity contribution in [1.82, 2.24) is 5.01 Å². The second kappa shape index (κ2) is 8.00. The molecule has 3 aromatic rings. The smallest absolute Gasteiger partial charge is 0.288 e. The molecule has 0 amide bonds. The molecule has 0 radical (unpaired) electrons. The fourth-order valence-electron chi connectivity index (χ4n) is 4.06. The highest BCUT2D eigenvalue weighted by molar-refractivity contribution is 6.32. The summed E-state index contributed by atoms with van der Waals surface area (Å²) in [7, 11) is 1.62. The SMILES string of the molecule is COc1ccc(C2=NN3C(C2)c2cc(Cl)ccc2OC3c2ccc(Cl)c([N+](=O)[O-])c2)cc1. The zero-order valence-electron chi connectivity index (χ0n) is 16.9. The van der Waals surface area contributed by atoms with E-state index in [0.717, 1.165) is 22.6 Å². The lowest BCUT2D eigenvalue weighted by Crippen LogP contribution is -2.33. The number of hydrogen-bond donors (Lipinski definition) is 0. The van der Waals surface area contributed by atoms with Gasteiger partial charge in [-0.3, -0.25) is 10.1 Å². The lowest BCUT2D eigenvalue weighted by Gasteiger charge is -2.38.